The van der Waals surface area contributed by atoms with Gasteiger partial charge in [0.25, 0.3) is 5.91 Å². The Morgan fingerprint density at radius 2 is 1.75 bits per heavy atom. The first-order chi connectivity index (χ1) is 10.9. The van der Waals surface area contributed by atoms with Crippen molar-refractivity contribution in [3.63, 3.8) is 0 Å². The molecule has 0 saturated carbocycles. The number of piperazine rings is 1. The summed E-state index contributed by atoms with van der Waals surface area (Å²) in [5, 5.41) is 3.38. The Labute approximate surface area is 149 Å². The maximum absolute atomic E-state index is 12.5. The molecule has 1 unspecified atom stereocenters. The first-order valence-corrected chi connectivity index (χ1v) is 9.88. The van der Waals surface area contributed by atoms with Crippen LogP contribution in [0.2, 0.25) is 0 Å². The number of nitrogens with zero attached hydrogens (tertiary/aromatic N) is 2. The summed E-state index contributed by atoms with van der Waals surface area (Å²) in [6.45, 7) is 5.38. The second-order valence-corrected chi connectivity index (χ2v) is 8.29. The standard InChI is InChI=1S/C16H23N3O3S.ClH/c1-23(21,22)15-4-2-13(3-5-15)16(20)19-10-8-18(9-11-19)14-6-7-17-12-14;/h2-5,14,17H,6-12H2,1H3;1H. The molecule has 1 aromatic carbocycles. The van der Waals surface area contributed by atoms with E-state index in [9.17, 15) is 13.2 Å². The molecule has 0 radical (unpaired) electrons. The quantitative estimate of drug-likeness (QED) is 0.841. The fourth-order valence-electron chi connectivity index (χ4n) is 3.27. The lowest BCUT2D eigenvalue weighted by Gasteiger charge is -2.37. The summed E-state index contributed by atoms with van der Waals surface area (Å²) in [6.07, 6.45) is 2.35. The molecule has 2 saturated heterocycles. The molecule has 2 heterocycles. The van der Waals surface area contributed by atoms with Crippen LogP contribution in [0.5, 0.6) is 0 Å². The van der Waals surface area contributed by atoms with Gasteiger partial charge in [0.15, 0.2) is 9.84 Å². The molecule has 0 aliphatic carbocycles. The lowest BCUT2D eigenvalue weighted by Crippen LogP contribution is -2.52. The van der Waals surface area contributed by atoms with Crippen LogP contribution in [0, 0.1) is 0 Å². The van der Waals surface area contributed by atoms with Gasteiger partial charge in [0.05, 0.1) is 4.90 Å². The van der Waals surface area contributed by atoms with Crippen molar-refractivity contribution >= 4 is 28.2 Å². The highest BCUT2D eigenvalue weighted by atomic mass is 35.5. The minimum Gasteiger partial charge on any atom is -0.336 e. The van der Waals surface area contributed by atoms with E-state index in [1.54, 1.807) is 12.1 Å². The van der Waals surface area contributed by atoms with Crippen LogP contribution >= 0.6 is 12.4 Å². The van der Waals surface area contributed by atoms with Gasteiger partial charge in [0.1, 0.15) is 0 Å². The Morgan fingerprint density at radius 1 is 1.12 bits per heavy atom. The number of carbonyl (C=O) groups is 1. The molecule has 6 nitrogen and oxygen atoms in total. The number of rotatable bonds is 3. The van der Waals surface area contributed by atoms with Crippen molar-refractivity contribution in [2.75, 3.05) is 45.5 Å². The number of hydrogen-bond acceptors (Lipinski definition) is 5. The van der Waals surface area contributed by atoms with Crippen LogP contribution in [0.4, 0.5) is 0 Å². The predicted molar refractivity (Wildman–Crippen MR) is 95.6 cm³/mol. The second-order valence-electron chi connectivity index (χ2n) is 6.27. The number of sulfone groups is 1. The largest absolute Gasteiger partial charge is 0.336 e. The van der Waals surface area contributed by atoms with Crippen LogP contribution in [-0.2, 0) is 9.84 Å². The van der Waals surface area contributed by atoms with Crippen LogP contribution in [0.25, 0.3) is 0 Å². The number of halogens is 1. The van der Waals surface area contributed by atoms with Crippen molar-refractivity contribution in [1.82, 2.24) is 15.1 Å². The van der Waals surface area contributed by atoms with Gasteiger partial charge >= 0.3 is 0 Å². The zero-order valence-corrected chi connectivity index (χ0v) is 15.4. The third kappa shape index (κ3) is 4.27. The molecule has 2 aliphatic heterocycles. The fourth-order valence-corrected chi connectivity index (χ4v) is 3.90. The van der Waals surface area contributed by atoms with Crippen molar-refractivity contribution in [2.24, 2.45) is 0 Å². The molecule has 134 valence electrons. The maximum atomic E-state index is 12.5. The van der Waals surface area contributed by atoms with Gasteiger partial charge in [-0.1, -0.05) is 0 Å². The van der Waals surface area contributed by atoms with Crippen LogP contribution < -0.4 is 5.32 Å². The van der Waals surface area contributed by atoms with E-state index in [1.807, 2.05) is 4.90 Å². The van der Waals surface area contributed by atoms with Crippen molar-refractivity contribution in [2.45, 2.75) is 17.4 Å². The molecule has 0 bridgehead atoms. The number of nitrogens with one attached hydrogen (secondary N) is 1. The minimum absolute atomic E-state index is 0. The normalized spacial score (nSPS) is 22.2. The average Bonchev–Trinajstić information content (AvgIpc) is 3.08. The summed E-state index contributed by atoms with van der Waals surface area (Å²) in [4.78, 5) is 17.1. The summed E-state index contributed by atoms with van der Waals surface area (Å²) >= 11 is 0. The summed E-state index contributed by atoms with van der Waals surface area (Å²) < 4.78 is 22.9. The van der Waals surface area contributed by atoms with Gasteiger partial charge in [-0.15, -0.1) is 12.4 Å². The zero-order valence-electron chi connectivity index (χ0n) is 13.8. The molecule has 1 amide bonds. The number of hydrogen-bond donors (Lipinski definition) is 1. The second kappa shape index (κ2) is 7.82. The monoisotopic (exact) mass is 373 g/mol. The molecule has 1 atom stereocenters. The Kier molecular flexibility index (Phi) is 6.25. The third-order valence-electron chi connectivity index (χ3n) is 4.68. The van der Waals surface area contributed by atoms with Crippen LogP contribution in [-0.4, -0.2) is 75.7 Å². The molecule has 0 aromatic heterocycles. The van der Waals surface area contributed by atoms with Gasteiger partial charge in [0, 0.05) is 50.6 Å². The fraction of sp³-hybridized carbons (Fsp3) is 0.562. The molecule has 1 aromatic rings. The minimum atomic E-state index is -3.22. The number of amides is 1. The van der Waals surface area contributed by atoms with Crippen molar-refractivity contribution in [3.8, 4) is 0 Å². The van der Waals surface area contributed by atoms with Crippen LogP contribution in [0.15, 0.2) is 29.2 Å². The smallest absolute Gasteiger partial charge is 0.253 e. The summed E-state index contributed by atoms with van der Waals surface area (Å²) in [6, 6.07) is 6.81. The Morgan fingerprint density at radius 3 is 2.25 bits per heavy atom. The average molecular weight is 374 g/mol. The number of benzene rings is 1. The van der Waals surface area contributed by atoms with Gasteiger partial charge in [-0.3, -0.25) is 9.69 Å². The summed E-state index contributed by atoms with van der Waals surface area (Å²) in [5.74, 6) is -0.0192. The maximum Gasteiger partial charge on any atom is 0.253 e. The van der Waals surface area contributed by atoms with Gasteiger partial charge < -0.3 is 10.2 Å². The zero-order chi connectivity index (χ0) is 16.4. The molecule has 1 N–H and O–H groups in total. The highest BCUT2D eigenvalue weighted by Crippen LogP contribution is 2.16. The molecule has 24 heavy (non-hydrogen) atoms. The molecule has 3 rings (SSSR count). The lowest BCUT2D eigenvalue weighted by molar-refractivity contribution is 0.0583. The summed E-state index contributed by atoms with van der Waals surface area (Å²) in [7, 11) is -3.22. The Balaban J connectivity index is 0.00000208. The SMILES string of the molecule is CS(=O)(=O)c1ccc(C(=O)N2CCN(C3CCNC3)CC2)cc1.Cl. The van der Waals surface area contributed by atoms with E-state index < -0.39 is 9.84 Å². The van der Waals surface area contributed by atoms with E-state index in [4.69, 9.17) is 0 Å². The van der Waals surface area contributed by atoms with Crippen molar-refractivity contribution in [3.05, 3.63) is 29.8 Å². The first kappa shape index (κ1) is 19.2. The first-order valence-electron chi connectivity index (χ1n) is 7.99. The summed E-state index contributed by atoms with van der Waals surface area (Å²) in [5.41, 5.74) is 0.549. The molecule has 2 fully saturated rings. The highest BCUT2D eigenvalue weighted by Gasteiger charge is 2.28. The molecule has 2 aliphatic rings. The van der Waals surface area contributed by atoms with Gasteiger partial charge in [0.2, 0.25) is 0 Å². The van der Waals surface area contributed by atoms with E-state index in [-0.39, 0.29) is 23.2 Å². The third-order valence-corrected chi connectivity index (χ3v) is 5.81. The topological polar surface area (TPSA) is 69.7 Å². The van der Waals surface area contributed by atoms with E-state index >= 15 is 0 Å². The Hall–Kier alpha value is -1.15. The highest BCUT2D eigenvalue weighted by molar-refractivity contribution is 7.90. The van der Waals surface area contributed by atoms with E-state index in [2.05, 4.69) is 10.2 Å². The lowest BCUT2D eigenvalue weighted by atomic mass is 10.1. The van der Waals surface area contributed by atoms with Crippen LogP contribution in [0.1, 0.15) is 16.8 Å². The molecular formula is C16H24ClN3O3S. The molecule has 0 spiro atoms. The predicted octanol–water partition coefficient (Wildman–Crippen LogP) is 0.632. The van der Waals surface area contributed by atoms with Gasteiger partial charge in [-0.25, -0.2) is 8.42 Å². The van der Waals surface area contributed by atoms with Gasteiger partial charge in [-0.2, -0.15) is 0 Å². The van der Waals surface area contributed by atoms with Crippen molar-refractivity contribution < 1.29 is 13.2 Å². The van der Waals surface area contributed by atoms with Crippen LogP contribution in [0.3, 0.4) is 0 Å². The van der Waals surface area contributed by atoms with Gasteiger partial charge in [-0.05, 0) is 37.2 Å². The van der Waals surface area contributed by atoms with E-state index in [0.717, 1.165) is 39.3 Å². The Bertz CT molecular complexity index is 664. The van der Waals surface area contributed by atoms with E-state index in [0.29, 0.717) is 11.6 Å². The number of carbonyl (C=O) groups excluding carboxylic acids is 1. The van der Waals surface area contributed by atoms with Crippen molar-refractivity contribution in [1.29, 1.82) is 0 Å². The molecule has 8 heteroatoms. The van der Waals surface area contributed by atoms with E-state index in [1.165, 1.54) is 24.8 Å². The molecular weight excluding hydrogens is 350 g/mol.